The van der Waals surface area contributed by atoms with Crippen molar-refractivity contribution in [1.82, 2.24) is 10.2 Å². The molecule has 1 aliphatic heterocycles. The standard InChI is InChI=1S/C20H34N2O2/c1-4-6-13-24-19-8-7-18(14-20(19)23-5-2)16-21-15-17-9-11-22(3)12-10-17/h7-8,14,17,21H,4-6,9-13,15-16H2,1-3H3. The Labute approximate surface area is 147 Å². The van der Waals surface area contributed by atoms with Gasteiger partial charge in [-0.15, -0.1) is 0 Å². The van der Waals surface area contributed by atoms with E-state index in [4.69, 9.17) is 9.47 Å². The molecule has 1 aliphatic rings. The van der Waals surface area contributed by atoms with Gasteiger partial charge in [-0.1, -0.05) is 19.4 Å². The van der Waals surface area contributed by atoms with Crippen molar-refractivity contribution >= 4 is 0 Å². The van der Waals surface area contributed by atoms with Crippen LogP contribution in [0.4, 0.5) is 0 Å². The smallest absolute Gasteiger partial charge is 0.161 e. The van der Waals surface area contributed by atoms with E-state index in [0.29, 0.717) is 6.61 Å². The summed E-state index contributed by atoms with van der Waals surface area (Å²) < 4.78 is 11.6. The average molecular weight is 335 g/mol. The van der Waals surface area contributed by atoms with Crippen molar-refractivity contribution in [2.24, 2.45) is 5.92 Å². The summed E-state index contributed by atoms with van der Waals surface area (Å²) in [7, 11) is 2.21. The van der Waals surface area contributed by atoms with E-state index in [2.05, 4.69) is 36.3 Å². The lowest BCUT2D eigenvalue weighted by Crippen LogP contribution is -2.34. The van der Waals surface area contributed by atoms with E-state index in [0.717, 1.165) is 50.0 Å². The van der Waals surface area contributed by atoms with Gasteiger partial charge < -0.3 is 19.7 Å². The van der Waals surface area contributed by atoms with Crippen LogP contribution in [0.2, 0.25) is 0 Å². The van der Waals surface area contributed by atoms with E-state index in [-0.39, 0.29) is 0 Å². The predicted octanol–water partition coefficient (Wildman–Crippen LogP) is 3.70. The first-order chi connectivity index (χ1) is 11.7. The Morgan fingerprint density at radius 2 is 1.92 bits per heavy atom. The molecule has 0 bridgehead atoms. The summed E-state index contributed by atoms with van der Waals surface area (Å²) in [6.07, 6.45) is 4.82. The second-order valence-corrected chi connectivity index (χ2v) is 6.79. The number of rotatable bonds is 10. The molecule has 0 spiro atoms. The number of hydrogen-bond acceptors (Lipinski definition) is 4. The highest BCUT2D eigenvalue weighted by Gasteiger charge is 2.16. The molecule has 136 valence electrons. The number of nitrogens with zero attached hydrogens (tertiary/aromatic N) is 1. The SMILES string of the molecule is CCCCOc1ccc(CNCC2CCN(C)CC2)cc1OCC. The summed E-state index contributed by atoms with van der Waals surface area (Å²) in [5, 5.41) is 3.61. The molecule has 1 fully saturated rings. The fourth-order valence-corrected chi connectivity index (χ4v) is 3.06. The highest BCUT2D eigenvalue weighted by Crippen LogP contribution is 2.28. The van der Waals surface area contributed by atoms with E-state index in [1.807, 2.05) is 13.0 Å². The number of ether oxygens (including phenoxy) is 2. The third-order valence-electron chi connectivity index (χ3n) is 4.66. The van der Waals surface area contributed by atoms with Gasteiger partial charge in [0.1, 0.15) is 0 Å². The number of unbranched alkanes of at least 4 members (excludes halogenated alkanes) is 1. The summed E-state index contributed by atoms with van der Waals surface area (Å²) in [6, 6.07) is 6.31. The maximum atomic E-state index is 5.84. The van der Waals surface area contributed by atoms with Crippen molar-refractivity contribution in [1.29, 1.82) is 0 Å². The van der Waals surface area contributed by atoms with Crippen LogP contribution in [0.25, 0.3) is 0 Å². The molecular weight excluding hydrogens is 300 g/mol. The van der Waals surface area contributed by atoms with Crippen molar-refractivity contribution in [3.05, 3.63) is 23.8 Å². The van der Waals surface area contributed by atoms with Crippen molar-refractivity contribution in [2.45, 2.75) is 46.1 Å². The molecule has 1 saturated heterocycles. The van der Waals surface area contributed by atoms with Crippen LogP contribution in [0.1, 0.15) is 45.1 Å². The quantitative estimate of drug-likeness (QED) is 0.662. The Kier molecular flexibility index (Phi) is 8.40. The molecule has 24 heavy (non-hydrogen) atoms. The van der Waals surface area contributed by atoms with Crippen LogP contribution in [0, 0.1) is 5.92 Å². The minimum atomic E-state index is 0.663. The third-order valence-corrected chi connectivity index (χ3v) is 4.66. The predicted molar refractivity (Wildman–Crippen MR) is 99.9 cm³/mol. The molecule has 2 rings (SSSR count). The first kappa shape index (κ1) is 19.1. The van der Waals surface area contributed by atoms with Gasteiger partial charge in [0.05, 0.1) is 13.2 Å². The normalized spacial score (nSPS) is 16.3. The summed E-state index contributed by atoms with van der Waals surface area (Å²) in [4.78, 5) is 2.42. The molecule has 1 heterocycles. The molecule has 0 saturated carbocycles. The van der Waals surface area contributed by atoms with Crippen LogP contribution in [-0.2, 0) is 6.54 Å². The average Bonchev–Trinajstić information content (AvgIpc) is 2.59. The lowest BCUT2D eigenvalue weighted by atomic mass is 9.97. The highest BCUT2D eigenvalue weighted by atomic mass is 16.5. The van der Waals surface area contributed by atoms with Crippen molar-refractivity contribution < 1.29 is 9.47 Å². The van der Waals surface area contributed by atoms with Crippen molar-refractivity contribution in [3.8, 4) is 11.5 Å². The van der Waals surface area contributed by atoms with Crippen LogP contribution in [0.15, 0.2) is 18.2 Å². The van der Waals surface area contributed by atoms with Crippen LogP contribution in [0.5, 0.6) is 11.5 Å². The molecule has 0 radical (unpaired) electrons. The zero-order valence-electron chi connectivity index (χ0n) is 15.6. The number of benzene rings is 1. The van der Waals surface area contributed by atoms with Crippen molar-refractivity contribution in [2.75, 3.05) is 39.9 Å². The maximum absolute atomic E-state index is 5.84. The summed E-state index contributed by atoms with van der Waals surface area (Å²) in [5.74, 6) is 2.54. The number of likely N-dealkylation sites (tertiary alicyclic amines) is 1. The van der Waals surface area contributed by atoms with E-state index in [1.54, 1.807) is 0 Å². The monoisotopic (exact) mass is 334 g/mol. The van der Waals surface area contributed by atoms with Crippen LogP contribution in [0.3, 0.4) is 0 Å². The van der Waals surface area contributed by atoms with Gasteiger partial charge in [0.15, 0.2) is 11.5 Å². The van der Waals surface area contributed by atoms with Crippen molar-refractivity contribution in [3.63, 3.8) is 0 Å². The second-order valence-electron chi connectivity index (χ2n) is 6.79. The molecular formula is C20H34N2O2. The van der Waals surface area contributed by atoms with Crippen LogP contribution >= 0.6 is 0 Å². The molecule has 4 nitrogen and oxygen atoms in total. The van der Waals surface area contributed by atoms with E-state index < -0.39 is 0 Å². The van der Waals surface area contributed by atoms with Gasteiger partial charge in [-0.3, -0.25) is 0 Å². The zero-order valence-corrected chi connectivity index (χ0v) is 15.6. The third kappa shape index (κ3) is 6.33. The van der Waals surface area contributed by atoms with Crippen LogP contribution < -0.4 is 14.8 Å². The largest absolute Gasteiger partial charge is 0.490 e. The number of piperidine rings is 1. The Hall–Kier alpha value is -1.26. The number of hydrogen-bond donors (Lipinski definition) is 1. The summed E-state index contributed by atoms with van der Waals surface area (Å²) in [6.45, 7) is 10.1. The lowest BCUT2D eigenvalue weighted by molar-refractivity contribution is 0.216. The molecule has 1 aromatic rings. The first-order valence-corrected chi connectivity index (χ1v) is 9.50. The first-order valence-electron chi connectivity index (χ1n) is 9.50. The van der Waals surface area contributed by atoms with Gasteiger partial charge >= 0.3 is 0 Å². The molecule has 1 aromatic carbocycles. The fourth-order valence-electron chi connectivity index (χ4n) is 3.06. The molecule has 4 heteroatoms. The Morgan fingerprint density at radius 1 is 1.12 bits per heavy atom. The number of nitrogens with one attached hydrogen (secondary N) is 1. The topological polar surface area (TPSA) is 33.7 Å². The molecule has 1 N–H and O–H groups in total. The Balaban J connectivity index is 1.82. The maximum Gasteiger partial charge on any atom is 0.161 e. The van der Waals surface area contributed by atoms with Gasteiger partial charge in [-0.25, -0.2) is 0 Å². The molecule has 0 aliphatic carbocycles. The van der Waals surface area contributed by atoms with Gasteiger partial charge in [-0.2, -0.15) is 0 Å². The van der Waals surface area contributed by atoms with Gasteiger partial charge in [-0.05, 0) is 76.5 Å². The van der Waals surface area contributed by atoms with E-state index in [9.17, 15) is 0 Å². The van der Waals surface area contributed by atoms with Crippen LogP contribution in [-0.4, -0.2) is 44.8 Å². The molecule has 0 atom stereocenters. The zero-order chi connectivity index (χ0) is 17.2. The highest BCUT2D eigenvalue weighted by molar-refractivity contribution is 5.43. The minimum absolute atomic E-state index is 0.663. The second kappa shape index (κ2) is 10.6. The Morgan fingerprint density at radius 3 is 2.62 bits per heavy atom. The lowest BCUT2D eigenvalue weighted by Gasteiger charge is -2.29. The van der Waals surface area contributed by atoms with Gasteiger partial charge in [0.2, 0.25) is 0 Å². The van der Waals surface area contributed by atoms with Gasteiger partial charge in [0.25, 0.3) is 0 Å². The molecule has 0 aromatic heterocycles. The molecule has 0 amide bonds. The summed E-state index contributed by atoms with van der Waals surface area (Å²) in [5.41, 5.74) is 1.26. The summed E-state index contributed by atoms with van der Waals surface area (Å²) >= 11 is 0. The van der Waals surface area contributed by atoms with E-state index in [1.165, 1.54) is 31.5 Å². The minimum Gasteiger partial charge on any atom is -0.490 e. The van der Waals surface area contributed by atoms with E-state index >= 15 is 0 Å². The molecule has 0 unspecified atom stereocenters. The Bertz CT molecular complexity index is 471. The fraction of sp³-hybridized carbons (Fsp3) is 0.700. The van der Waals surface area contributed by atoms with Gasteiger partial charge in [0, 0.05) is 6.54 Å².